The molecule has 3 rings (SSSR count). The Morgan fingerprint density at radius 3 is 2.36 bits per heavy atom. The summed E-state index contributed by atoms with van der Waals surface area (Å²) in [6.45, 7) is 7.05. The van der Waals surface area contributed by atoms with Gasteiger partial charge in [-0.2, -0.15) is 0 Å². The number of amides is 1. The van der Waals surface area contributed by atoms with E-state index in [0.29, 0.717) is 19.0 Å². The molecule has 2 heterocycles. The van der Waals surface area contributed by atoms with E-state index in [2.05, 4.69) is 22.1 Å². The molecule has 0 N–H and O–H groups in total. The van der Waals surface area contributed by atoms with E-state index in [1.807, 2.05) is 39.0 Å². The molecule has 5 nitrogen and oxygen atoms in total. The van der Waals surface area contributed by atoms with Crippen molar-refractivity contribution in [2.24, 2.45) is 0 Å². The van der Waals surface area contributed by atoms with Crippen LogP contribution in [0.1, 0.15) is 45.2 Å². The largest absolute Gasteiger partial charge is 0.444 e. The van der Waals surface area contributed by atoms with Crippen molar-refractivity contribution in [2.75, 3.05) is 13.1 Å². The number of likely N-dealkylation sites (tertiary alicyclic amines) is 1. The predicted molar refractivity (Wildman–Crippen MR) is 97.3 cm³/mol. The Morgan fingerprint density at radius 1 is 1.08 bits per heavy atom. The molecule has 1 aromatic heterocycles. The number of rotatable bonds is 2. The van der Waals surface area contributed by atoms with Crippen LogP contribution < -0.4 is 0 Å². The lowest BCUT2D eigenvalue weighted by molar-refractivity contribution is 0.0204. The molecular formula is C20H25N3O2. The van der Waals surface area contributed by atoms with Gasteiger partial charge in [-0.25, -0.2) is 4.79 Å². The quantitative estimate of drug-likeness (QED) is 0.820. The zero-order valence-corrected chi connectivity index (χ0v) is 15.1. The highest BCUT2D eigenvalue weighted by Gasteiger charge is 2.29. The number of hydrogen-bond donors (Lipinski definition) is 0. The van der Waals surface area contributed by atoms with Crippen LogP contribution in [0.2, 0.25) is 0 Å². The first-order valence-electron chi connectivity index (χ1n) is 8.78. The van der Waals surface area contributed by atoms with Crippen LogP contribution in [0.5, 0.6) is 0 Å². The average molecular weight is 339 g/mol. The topological polar surface area (TPSA) is 55.3 Å². The number of hydrogen-bond acceptors (Lipinski definition) is 4. The van der Waals surface area contributed by atoms with Gasteiger partial charge in [-0.1, -0.05) is 30.3 Å². The summed E-state index contributed by atoms with van der Waals surface area (Å²) < 4.78 is 5.47. The number of piperidine rings is 1. The summed E-state index contributed by atoms with van der Waals surface area (Å²) in [5, 5.41) is 0. The minimum Gasteiger partial charge on any atom is -0.444 e. The number of carbonyl (C=O) groups excluding carboxylic acids is 1. The summed E-state index contributed by atoms with van der Waals surface area (Å²) in [4.78, 5) is 23.2. The summed E-state index contributed by atoms with van der Waals surface area (Å²) in [5.41, 5.74) is 2.59. The van der Waals surface area contributed by atoms with Gasteiger partial charge in [-0.3, -0.25) is 9.97 Å². The fourth-order valence-electron chi connectivity index (χ4n) is 3.13. The van der Waals surface area contributed by atoms with Gasteiger partial charge in [-0.15, -0.1) is 0 Å². The van der Waals surface area contributed by atoms with Crippen LogP contribution in [0.4, 0.5) is 4.79 Å². The van der Waals surface area contributed by atoms with E-state index < -0.39 is 5.60 Å². The lowest BCUT2D eigenvalue weighted by atomic mass is 9.90. The van der Waals surface area contributed by atoms with Crippen molar-refractivity contribution in [3.8, 4) is 11.3 Å². The van der Waals surface area contributed by atoms with Crippen molar-refractivity contribution >= 4 is 6.09 Å². The van der Waals surface area contributed by atoms with E-state index in [9.17, 15) is 4.79 Å². The minimum atomic E-state index is -0.459. The molecule has 132 valence electrons. The SMILES string of the molecule is CC(C)(C)OC(=O)N1CCC(c2nccnc2-c2ccccc2)CC1. The molecule has 0 atom stereocenters. The van der Waals surface area contributed by atoms with Gasteiger partial charge >= 0.3 is 6.09 Å². The summed E-state index contributed by atoms with van der Waals surface area (Å²) in [5.74, 6) is 0.308. The molecule has 0 aliphatic carbocycles. The summed E-state index contributed by atoms with van der Waals surface area (Å²) in [6.07, 6.45) is 5.01. The first-order chi connectivity index (χ1) is 11.9. The Labute approximate surface area is 149 Å². The number of ether oxygens (including phenoxy) is 1. The Hall–Kier alpha value is -2.43. The summed E-state index contributed by atoms with van der Waals surface area (Å²) >= 11 is 0. The molecule has 0 radical (unpaired) electrons. The molecule has 1 aromatic carbocycles. The fourth-order valence-corrected chi connectivity index (χ4v) is 3.13. The Kier molecular flexibility index (Phi) is 5.02. The van der Waals surface area contributed by atoms with E-state index in [-0.39, 0.29) is 6.09 Å². The summed E-state index contributed by atoms with van der Waals surface area (Å²) in [6, 6.07) is 10.1. The normalized spacial score (nSPS) is 15.9. The van der Waals surface area contributed by atoms with Crippen molar-refractivity contribution in [1.29, 1.82) is 0 Å². The second kappa shape index (κ2) is 7.21. The van der Waals surface area contributed by atoms with Gasteiger partial charge in [0.2, 0.25) is 0 Å². The van der Waals surface area contributed by atoms with Crippen molar-refractivity contribution in [2.45, 2.75) is 45.1 Å². The van der Waals surface area contributed by atoms with Gasteiger partial charge < -0.3 is 9.64 Å². The molecule has 0 spiro atoms. The third-order valence-corrected chi connectivity index (χ3v) is 4.31. The molecule has 1 amide bonds. The van der Waals surface area contributed by atoms with Crippen molar-refractivity contribution in [1.82, 2.24) is 14.9 Å². The molecule has 0 saturated carbocycles. The Morgan fingerprint density at radius 2 is 1.72 bits per heavy atom. The fraction of sp³-hybridized carbons (Fsp3) is 0.450. The maximum Gasteiger partial charge on any atom is 0.410 e. The van der Waals surface area contributed by atoms with E-state index in [1.165, 1.54) is 0 Å². The van der Waals surface area contributed by atoms with Gasteiger partial charge in [0.05, 0.1) is 11.4 Å². The van der Waals surface area contributed by atoms with Crippen LogP contribution >= 0.6 is 0 Å². The van der Waals surface area contributed by atoms with Crippen molar-refractivity contribution in [3.05, 3.63) is 48.4 Å². The smallest absolute Gasteiger partial charge is 0.410 e. The minimum absolute atomic E-state index is 0.228. The van der Waals surface area contributed by atoms with Gasteiger partial charge in [-0.05, 0) is 33.6 Å². The van der Waals surface area contributed by atoms with Crippen LogP contribution in [0.25, 0.3) is 11.3 Å². The van der Waals surface area contributed by atoms with E-state index in [1.54, 1.807) is 17.3 Å². The standard InChI is InChI=1S/C20H25N3O2/c1-20(2,3)25-19(24)23-13-9-16(10-14-23)18-17(21-11-12-22-18)15-7-5-4-6-8-15/h4-8,11-12,16H,9-10,13-14H2,1-3H3. The lowest BCUT2D eigenvalue weighted by Gasteiger charge is -2.33. The van der Waals surface area contributed by atoms with Crippen LogP contribution in [0.3, 0.4) is 0 Å². The van der Waals surface area contributed by atoms with Crippen molar-refractivity contribution in [3.63, 3.8) is 0 Å². The first-order valence-corrected chi connectivity index (χ1v) is 8.78. The molecule has 1 aliphatic heterocycles. The second-order valence-corrected chi connectivity index (χ2v) is 7.40. The maximum absolute atomic E-state index is 12.2. The molecule has 1 aliphatic rings. The Bertz CT molecular complexity index is 717. The van der Waals surface area contributed by atoms with E-state index in [4.69, 9.17) is 4.74 Å². The third kappa shape index (κ3) is 4.35. The van der Waals surface area contributed by atoms with Gasteiger partial charge in [0, 0.05) is 37.0 Å². The zero-order chi connectivity index (χ0) is 17.9. The average Bonchev–Trinajstić information content (AvgIpc) is 2.61. The molecule has 25 heavy (non-hydrogen) atoms. The van der Waals surface area contributed by atoms with Gasteiger partial charge in [0.1, 0.15) is 5.60 Å². The molecule has 1 saturated heterocycles. The Balaban J connectivity index is 1.71. The molecule has 5 heteroatoms. The third-order valence-electron chi connectivity index (χ3n) is 4.31. The van der Waals surface area contributed by atoms with Crippen LogP contribution in [-0.2, 0) is 4.74 Å². The summed E-state index contributed by atoms with van der Waals surface area (Å²) in [7, 11) is 0. The lowest BCUT2D eigenvalue weighted by Crippen LogP contribution is -2.41. The molecule has 0 unspecified atom stereocenters. The first kappa shape index (κ1) is 17.4. The number of aromatic nitrogens is 2. The van der Waals surface area contributed by atoms with E-state index in [0.717, 1.165) is 29.8 Å². The highest BCUT2D eigenvalue weighted by atomic mass is 16.6. The number of benzene rings is 1. The monoisotopic (exact) mass is 339 g/mol. The molecule has 2 aromatic rings. The van der Waals surface area contributed by atoms with Gasteiger partial charge in [0.25, 0.3) is 0 Å². The van der Waals surface area contributed by atoms with Crippen LogP contribution in [0, 0.1) is 0 Å². The number of nitrogens with zero attached hydrogens (tertiary/aromatic N) is 3. The maximum atomic E-state index is 12.2. The molecule has 1 fully saturated rings. The second-order valence-electron chi connectivity index (χ2n) is 7.40. The van der Waals surface area contributed by atoms with Gasteiger partial charge in [0.15, 0.2) is 0 Å². The molecule has 0 bridgehead atoms. The highest BCUT2D eigenvalue weighted by molar-refractivity contribution is 5.68. The van der Waals surface area contributed by atoms with Crippen LogP contribution in [-0.4, -0.2) is 39.7 Å². The zero-order valence-electron chi connectivity index (χ0n) is 15.1. The molecular weight excluding hydrogens is 314 g/mol. The van der Waals surface area contributed by atoms with Crippen LogP contribution in [0.15, 0.2) is 42.7 Å². The van der Waals surface area contributed by atoms with Crippen molar-refractivity contribution < 1.29 is 9.53 Å². The number of carbonyl (C=O) groups is 1. The van der Waals surface area contributed by atoms with E-state index >= 15 is 0 Å². The highest BCUT2D eigenvalue weighted by Crippen LogP contribution is 2.32. The predicted octanol–water partition coefficient (Wildman–Crippen LogP) is 4.26.